The van der Waals surface area contributed by atoms with Crippen molar-refractivity contribution in [2.24, 2.45) is 0 Å². The summed E-state index contributed by atoms with van der Waals surface area (Å²) in [7, 11) is 2.92. The minimum atomic E-state index is -1.12. The van der Waals surface area contributed by atoms with Crippen LogP contribution in [0.4, 0.5) is 0 Å². The molecule has 1 rings (SSSR count). The third-order valence-corrected chi connectivity index (χ3v) is 3.02. The molecule has 1 aromatic carbocycles. The third kappa shape index (κ3) is 3.55. The zero-order valence-corrected chi connectivity index (χ0v) is 12.0. The fourth-order valence-corrected chi connectivity index (χ4v) is 1.91. The number of hydrogen-bond acceptors (Lipinski definition) is 4. The molecule has 0 aliphatic rings. The highest BCUT2D eigenvalue weighted by atomic mass is 16.7. The molecule has 0 aliphatic carbocycles. The Bertz CT molecular complexity index is 509. The van der Waals surface area contributed by atoms with Gasteiger partial charge in [-0.1, -0.05) is 12.1 Å². The summed E-state index contributed by atoms with van der Waals surface area (Å²) in [6.07, 6.45) is -0.572. The zero-order chi connectivity index (χ0) is 15.3. The van der Waals surface area contributed by atoms with Gasteiger partial charge in [0.1, 0.15) is 0 Å². The number of rotatable bonds is 6. The van der Waals surface area contributed by atoms with Gasteiger partial charge < -0.3 is 19.9 Å². The average Bonchev–Trinajstić information content (AvgIpc) is 2.41. The number of carboxylic acids is 1. The Morgan fingerprint density at radius 3 is 2.10 bits per heavy atom. The summed E-state index contributed by atoms with van der Waals surface area (Å²) >= 11 is 0. The van der Waals surface area contributed by atoms with Crippen LogP contribution in [0.2, 0.25) is 0 Å². The van der Waals surface area contributed by atoms with Gasteiger partial charge in [-0.05, 0) is 25.0 Å². The Labute approximate surface area is 117 Å². The summed E-state index contributed by atoms with van der Waals surface area (Å²) in [6, 6.07) is 3.41. The molecule has 20 heavy (non-hydrogen) atoms. The molecule has 110 valence electrons. The molecule has 0 bridgehead atoms. The van der Waals surface area contributed by atoms with E-state index in [0.717, 1.165) is 0 Å². The van der Waals surface area contributed by atoms with Gasteiger partial charge in [-0.3, -0.25) is 4.79 Å². The van der Waals surface area contributed by atoms with Crippen molar-refractivity contribution in [3.05, 3.63) is 34.4 Å². The second kappa shape index (κ2) is 7.02. The quantitative estimate of drug-likeness (QED) is 0.769. The van der Waals surface area contributed by atoms with Gasteiger partial charge in [0, 0.05) is 14.2 Å². The maximum Gasteiger partial charge on any atom is 0.336 e. The molecule has 0 aromatic heterocycles. The number of carbonyl (C=O) groups excluding carboxylic acids is 1. The summed E-state index contributed by atoms with van der Waals surface area (Å²) in [4.78, 5) is 23.5. The van der Waals surface area contributed by atoms with Gasteiger partial charge in [-0.15, -0.1) is 0 Å². The van der Waals surface area contributed by atoms with Gasteiger partial charge in [0.2, 0.25) is 0 Å². The molecule has 0 heterocycles. The molecular weight excluding hydrogens is 262 g/mol. The van der Waals surface area contributed by atoms with Gasteiger partial charge in [0.15, 0.2) is 6.29 Å². The maximum atomic E-state index is 12.2. The normalized spacial score (nSPS) is 10.7. The Hall–Kier alpha value is -1.92. The predicted molar refractivity (Wildman–Crippen MR) is 73.0 cm³/mol. The largest absolute Gasteiger partial charge is 0.478 e. The van der Waals surface area contributed by atoms with E-state index in [2.05, 4.69) is 5.32 Å². The fraction of sp³-hybridized carbons (Fsp3) is 0.429. The highest BCUT2D eigenvalue weighted by Gasteiger charge is 2.21. The molecule has 1 aromatic rings. The first-order chi connectivity index (χ1) is 9.42. The Morgan fingerprint density at radius 2 is 1.65 bits per heavy atom. The van der Waals surface area contributed by atoms with Crippen molar-refractivity contribution in [3.8, 4) is 0 Å². The zero-order valence-electron chi connectivity index (χ0n) is 12.0. The summed E-state index contributed by atoms with van der Waals surface area (Å²) in [5.74, 6) is -1.57. The number of hydrogen-bond donors (Lipinski definition) is 2. The SMILES string of the molecule is COC(CNC(=O)c1c(C)ccc(C)c1C(=O)O)OC. The Balaban J connectivity index is 3.03. The second-order valence-corrected chi connectivity index (χ2v) is 4.37. The van der Waals surface area contributed by atoms with E-state index < -0.39 is 18.2 Å². The lowest BCUT2D eigenvalue weighted by Crippen LogP contribution is -2.35. The van der Waals surface area contributed by atoms with Gasteiger partial charge in [0.25, 0.3) is 5.91 Å². The van der Waals surface area contributed by atoms with Gasteiger partial charge in [-0.25, -0.2) is 4.79 Å². The topological polar surface area (TPSA) is 84.9 Å². The number of nitrogens with one attached hydrogen (secondary N) is 1. The van der Waals surface area contributed by atoms with E-state index in [4.69, 9.17) is 9.47 Å². The first kappa shape index (κ1) is 16.1. The molecule has 1 amide bonds. The number of carboxylic acid groups (broad SMARTS) is 1. The van der Waals surface area contributed by atoms with Crippen LogP contribution in [0.1, 0.15) is 31.8 Å². The number of aryl methyl sites for hydroxylation is 2. The fourth-order valence-electron chi connectivity index (χ4n) is 1.91. The molecule has 0 saturated heterocycles. The van der Waals surface area contributed by atoms with Crippen molar-refractivity contribution in [3.63, 3.8) is 0 Å². The van der Waals surface area contributed by atoms with Crippen LogP contribution in [0.25, 0.3) is 0 Å². The number of methoxy groups -OCH3 is 2. The number of ether oxygens (including phenoxy) is 2. The predicted octanol–water partition coefficient (Wildman–Crippen LogP) is 1.35. The van der Waals surface area contributed by atoms with Crippen LogP contribution in [0.5, 0.6) is 0 Å². The molecular formula is C14H19NO5. The van der Waals surface area contributed by atoms with E-state index in [-0.39, 0.29) is 17.7 Å². The van der Waals surface area contributed by atoms with Gasteiger partial charge in [0.05, 0.1) is 17.7 Å². The van der Waals surface area contributed by atoms with Crippen molar-refractivity contribution in [1.82, 2.24) is 5.32 Å². The number of amides is 1. The molecule has 0 unspecified atom stereocenters. The maximum absolute atomic E-state index is 12.2. The third-order valence-electron chi connectivity index (χ3n) is 3.02. The Kier molecular flexibility index (Phi) is 5.66. The van der Waals surface area contributed by atoms with E-state index in [1.807, 2.05) is 0 Å². The monoisotopic (exact) mass is 281 g/mol. The standard InChI is InChI=1S/C14H19NO5/c1-8-5-6-9(2)12(14(17)18)11(8)13(16)15-7-10(19-3)20-4/h5-6,10H,7H2,1-4H3,(H,15,16)(H,17,18). The minimum Gasteiger partial charge on any atom is -0.478 e. The molecule has 0 atom stereocenters. The average molecular weight is 281 g/mol. The van der Waals surface area contributed by atoms with Crippen molar-refractivity contribution in [1.29, 1.82) is 0 Å². The van der Waals surface area contributed by atoms with Crippen LogP contribution in [0.3, 0.4) is 0 Å². The summed E-state index contributed by atoms with van der Waals surface area (Å²) in [5.41, 5.74) is 1.34. The summed E-state index contributed by atoms with van der Waals surface area (Å²) in [6.45, 7) is 3.50. The van der Waals surface area contributed by atoms with Gasteiger partial charge >= 0.3 is 5.97 Å². The summed E-state index contributed by atoms with van der Waals surface area (Å²) < 4.78 is 9.93. The van der Waals surface area contributed by atoms with Crippen molar-refractivity contribution < 1.29 is 24.2 Å². The molecule has 2 N–H and O–H groups in total. The van der Waals surface area contributed by atoms with Crippen molar-refractivity contribution >= 4 is 11.9 Å². The van der Waals surface area contributed by atoms with Crippen molar-refractivity contribution in [2.75, 3.05) is 20.8 Å². The number of carbonyl (C=O) groups is 2. The van der Waals surface area contributed by atoms with Crippen LogP contribution >= 0.6 is 0 Å². The molecule has 6 nitrogen and oxygen atoms in total. The molecule has 0 radical (unpaired) electrons. The van der Waals surface area contributed by atoms with Crippen LogP contribution in [0, 0.1) is 13.8 Å². The van der Waals surface area contributed by atoms with Crippen molar-refractivity contribution in [2.45, 2.75) is 20.1 Å². The molecule has 0 spiro atoms. The van der Waals surface area contributed by atoms with Gasteiger partial charge in [-0.2, -0.15) is 0 Å². The lowest BCUT2D eigenvalue weighted by Gasteiger charge is -2.16. The highest BCUT2D eigenvalue weighted by Crippen LogP contribution is 2.18. The smallest absolute Gasteiger partial charge is 0.336 e. The van der Waals surface area contributed by atoms with E-state index in [0.29, 0.717) is 11.1 Å². The number of aromatic carboxylic acids is 1. The Morgan fingerprint density at radius 1 is 1.15 bits per heavy atom. The van der Waals surface area contributed by atoms with Crippen LogP contribution in [-0.2, 0) is 9.47 Å². The van der Waals surface area contributed by atoms with Crippen LogP contribution in [0.15, 0.2) is 12.1 Å². The molecule has 0 aliphatic heterocycles. The molecule has 0 fully saturated rings. The lowest BCUT2D eigenvalue weighted by molar-refractivity contribution is -0.0974. The lowest BCUT2D eigenvalue weighted by atomic mass is 9.96. The highest BCUT2D eigenvalue weighted by molar-refractivity contribution is 6.06. The van der Waals surface area contributed by atoms with E-state index in [1.54, 1.807) is 26.0 Å². The van der Waals surface area contributed by atoms with E-state index >= 15 is 0 Å². The molecule has 0 saturated carbocycles. The summed E-state index contributed by atoms with van der Waals surface area (Å²) in [5, 5.41) is 11.9. The first-order valence-electron chi connectivity index (χ1n) is 6.09. The van der Waals surface area contributed by atoms with Crippen LogP contribution < -0.4 is 5.32 Å². The first-order valence-corrected chi connectivity index (χ1v) is 6.09. The van der Waals surface area contributed by atoms with E-state index in [9.17, 15) is 14.7 Å². The van der Waals surface area contributed by atoms with Crippen LogP contribution in [-0.4, -0.2) is 44.0 Å². The second-order valence-electron chi connectivity index (χ2n) is 4.37. The molecule has 6 heteroatoms. The number of benzene rings is 1. The minimum absolute atomic E-state index is 0.0221. The van der Waals surface area contributed by atoms with E-state index in [1.165, 1.54) is 14.2 Å².